The number of carbonyl (C=O) groups excluding carboxylic acids is 1. The van der Waals surface area contributed by atoms with Crippen LogP contribution in [0.25, 0.3) is 0 Å². The maximum atomic E-state index is 12.1. The van der Waals surface area contributed by atoms with Gasteiger partial charge in [0.05, 0.1) is 39.6 Å². The van der Waals surface area contributed by atoms with E-state index in [0.717, 1.165) is 22.3 Å². The van der Waals surface area contributed by atoms with Gasteiger partial charge in [-0.2, -0.15) is 0 Å². The van der Waals surface area contributed by atoms with E-state index in [1.54, 1.807) is 45.0 Å². The summed E-state index contributed by atoms with van der Waals surface area (Å²) >= 11 is 0. The molecule has 3 N–H and O–H groups in total. The first-order valence-corrected chi connectivity index (χ1v) is 12.2. The number of aliphatic hydroxyl groups excluding tert-OH is 1. The number of aliphatic carboxylic acids is 1. The summed E-state index contributed by atoms with van der Waals surface area (Å²) in [7, 11) is 0. The minimum Gasteiger partial charge on any atom is -0.480 e. The predicted octanol–water partition coefficient (Wildman–Crippen LogP) is 3.26. The molecule has 0 aliphatic rings. The summed E-state index contributed by atoms with van der Waals surface area (Å²) in [4.78, 5) is 23.8. The van der Waals surface area contributed by atoms with Crippen molar-refractivity contribution < 1.29 is 43.5 Å². The van der Waals surface area contributed by atoms with E-state index in [1.807, 2.05) is 6.07 Å². The number of hydrogen-bond acceptors (Lipinski definition) is 8. The van der Waals surface area contributed by atoms with Gasteiger partial charge in [0.2, 0.25) is 0 Å². The van der Waals surface area contributed by atoms with Crippen molar-refractivity contribution in [1.82, 2.24) is 5.32 Å². The molecule has 1 aromatic rings. The molecule has 0 radical (unpaired) electrons. The number of rotatable bonds is 20. The van der Waals surface area contributed by atoms with Crippen molar-refractivity contribution >= 4 is 12.1 Å². The number of alkyl carbamates (subject to hydrolysis) is 1. The Kier molecular flexibility index (Phi) is 15.9. The predicted molar refractivity (Wildman–Crippen MR) is 143 cm³/mol. The average Bonchev–Trinajstić information content (AvgIpc) is 2.85. The van der Waals surface area contributed by atoms with Gasteiger partial charge in [-0.3, -0.25) is 0 Å². The molecule has 0 spiro atoms. The molecule has 0 fully saturated rings. The number of ether oxygens (including phenoxy) is 5. The molecule has 0 heterocycles. The van der Waals surface area contributed by atoms with Gasteiger partial charge in [0.1, 0.15) is 24.9 Å². The van der Waals surface area contributed by atoms with Gasteiger partial charge >= 0.3 is 12.1 Å². The lowest BCUT2D eigenvalue weighted by Crippen LogP contribution is -2.48. The Balaban J connectivity index is 2.81. The summed E-state index contributed by atoms with van der Waals surface area (Å²) in [5, 5.41) is 22.6. The highest BCUT2D eigenvalue weighted by Gasteiger charge is 2.32. The molecular formula is C28H41NO9. The zero-order valence-electron chi connectivity index (χ0n) is 22.5. The molecule has 1 rings (SSSR count). The zero-order valence-corrected chi connectivity index (χ0v) is 22.5. The highest BCUT2D eigenvalue weighted by molar-refractivity contribution is 5.80. The number of nitrogens with one attached hydrogen (secondary N) is 1. The summed E-state index contributed by atoms with van der Waals surface area (Å²) in [6.07, 6.45) is -3.68. The van der Waals surface area contributed by atoms with E-state index in [0.29, 0.717) is 0 Å². The third kappa shape index (κ3) is 14.7. The summed E-state index contributed by atoms with van der Waals surface area (Å²) in [6, 6.07) is 7.61. The summed E-state index contributed by atoms with van der Waals surface area (Å²) < 4.78 is 28.0. The van der Waals surface area contributed by atoms with E-state index in [2.05, 4.69) is 25.1 Å². The summed E-state index contributed by atoms with van der Waals surface area (Å²) in [6.45, 7) is 16.8. The zero-order chi connectivity index (χ0) is 28.5. The number of benzene rings is 1. The van der Waals surface area contributed by atoms with Crippen LogP contribution in [0, 0.1) is 0 Å². The Morgan fingerprint density at radius 1 is 0.868 bits per heavy atom. The first-order valence-electron chi connectivity index (χ1n) is 12.2. The van der Waals surface area contributed by atoms with Crippen molar-refractivity contribution in [2.24, 2.45) is 0 Å². The number of amides is 1. The monoisotopic (exact) mass is 535 g/mol. The molecule has 0 aromatic heterocycles. The van der Waals surface area contributed by atoms with Gasteiger partial charge in [-0.1, -0.05) is 66.8 Å². The molecule has 10 nitrogen and oxygen atoms in total. The van der Waals surface area contributed by atoms with E-state index in [-0.39, 0.29) is 46.2 Å². The van der Waals surface area contributed by atoms with E-state index in [1.165, 1.54) is 0 Å². The summed E-state index contributed by atoms with van der Waals surface area (Å²) in [5.74, 6) is -1.30. The Labute approximate surface area is 224 Å². The molecule has 0 saturated carbocycles. The van der Waals surface area contributed by atoms with Crippen LogP contribution in [0.5, 0.6) is 0 Å². The maximum Gasteiger partial charge on any atom is 0.408 e. The standard InChI is InChI=1S/C28H41NO9/c1-19(2)12-34-17-24(30)26(37-14-21(5)6)25(36-13-20(3)4)18-35-16-23(27(31)32)29-28(33)38-15-22-10-8-7-9-11-22/h7-11,23-26,30H,1,3,5,12-18H2,2,4,6H3,(H,29,33)(H,31,32)/t23-,24+,25-,26-/m0/s1. The van der Waals surface area contributed by atoms with Crippen LogP contribution >= 0.6 is 0 Å². The number of carboxylic acids is 1. The van der Waals surface area contributed by atoms with Crippen LogP contribution in [-0.4, -0.2) is 86.3 Å². The normalized spacial score (nSPS) is 14.1. The van der Waals surface area contributed by atoms with Crippen LogP contribution in [0.2, 0.25) is 0 Å². The molecule has 0 aliphatic heterocycles. The van der Waals surface area contributed by atoms with Gasteiger partial charge in [0, 0.05) is 0 Å². The van der Waals surface area contributed by atoms with Crippen molar-refractivity contribution in [3.8, 4) is 0 Å². The molecule has 0 saturated heterocycles. The molecule has 10 heteroatoms. The second-order valence-electron chi connectivity index (χ2n) is 9.21. The van der Waals surface area contributed by atoms with E-state index < -0.39 is 36.4 Å². The lowest BCUT2D eigenvalue weighted by Gasteiger charge is -2.31. The highest BCUT2D eigenvalue weighted by Crippen LogP contribution is 2.14. The molecule has 1 amide bonds. The van der Waals surface area contributed by atoms with Gasteiger partial charge in [0.15, 0.2) is 6.04 Å². The molecule has 1 aromatic carbocycles. The maximum absolute atomic E-state index is 12.1. The van der Waals surface area contributed by atoms with Crippen molar-refractivity contribution in [2.75, 3.05) is 39.6 Å². The van der Waals surface area contributed by atoms with Gasteiger partial charge in [-0.25, -0.2) is 9.59 Å². The van der Waals surface area contributed by atoms with Crippen LogP contribution in [-0.2, 0) is 35.1 Å². The molecular weight excluding hydrogens is 494 g/mol. The first kappa shape index (κ1) is 33.0. The molecule has 0 bridgehead atoms. The lowest BCUT2D eigenvalue weighted by molar-refractivity contribution is -0.152. The molecule has 4 atom stereocenters. The molecule has 212 valence electrons. The van der Waals surface area contributed by atoms with Crippen LogP contribution in [0.15, 0.2) is 66.8 Å². The largest absolute Gasteiger partial charge is 0.480 e. The van der Waals surface area contributed by atoms with E-state index in [9.17, 15) is 19.8 Å². The third-order valence-corrected chi connectivity index (χ3v) is 4.82. The number of hydrogen-bond donors (Lipinski definition) is 3. The van der Waals surface area contributed by atoms with Crippen molar-refractivity contribution in [3.63, 3.8) is 0 Å². The number of carbonyl (C=O) groups is 2. The van der Waals surface area contributed by atoms with E-state index in [4.69, 9.17) is 23.7 Å². The Bertz CT molecular complexity index is 903. The third-order valence-electron chi connectivity index (χ3n) is 4.82. The first-order chi connectivity index (χ1) is 18.0. The van der Waals surface area contributed by atoms with Crippen LogP contribution in [0.1, 0.15) is 26.3 Å². The van der Waals surface area contributed by atoms with E-state index >= 15 is 0 Å². The Morgan fingerprint density at radius 3 is 2.05 bits per heavy atom. The van der Waals surface area contributed by atoms with Crippen molar-refractivity contribution in [3.05, 3.63) is 72.4 Å². The van der Waals surface area contributed by atoms with Gasteiger partial charge in [-0.05, 0) is 26.3 Å². The minimum absolute atomic E-state index is 0.0102. The fraction of sp³-hybridized carbons (Fsp3) is 0.500. The van der Waals surface area contributed by atoms with Gasteiger partial charge < -0.3 is 39.2 Å². The topological polar surface area (TPSA) is 133 Å². The fourth-order valence-electron chi connectivity index (χ4n) is 3.02. The van der Waals surface area contributed by atoms with Gasteiger partial charge in [0.25, 0.3) is 0 Å². The quantitative estimate of drug-likeness (QED) is 0.215. The average molecular weight is 536 g/mol. The highest BCUT2D eigenvalue weighted by atomic mass is 16.6. The molecule has 0 aliphatic carbocycles. The number of aliphatic hydroxyl groups is 1. The number of carboxylic acid groups (broad SMARTS) is 1. The SMILES string of the molecule is C=C(C)COC[C@@H](O)[C@H](OCC(=C)C)[C@H](COC[C@H](NC(=O)OCc1ccccc1)C(=O)O)OCC(=C)C. The van der Waals surface area contributed by atoms with Crippen molar-refractivity contribution in [1.29, 1.82) is 0 Å². The second kappa shape index (κ2) is 18.3. The Hall–Kier alpha value is -3.02. The Morgan fingerprint density at radius 2 is 1.47 bits per heavy atom. The van der Waals surface area contributed by atoms with Crippen LogP contribution in [0.4, 0.5) is 4.79 Å². The van der Waals surface area contributed by atoms with Crippen molar-refractivity contribution in [2.45, 2.75) is 51.7 Å². The molecule has 38 heavy (non-hydrogen) atoms. The smallest absolute Gasteiger partial charge is 0.408 e. The van der Waals surface area contributed by atoms with Crippen LogP contribution < -0.4 is 5.32 Å². The van der Waals surface area contributed by atoms with Gasteiger partial charge in [-0.15, -0.1) is 0 Å². The summed E-state index contributed by atoms with van der Waals surface area (Å²) in [5.41, 5.74) is 3.01. The van der Waals surface area contributed by atoms with Crippen LogP contribution in [0.3, 0.4) is 0 Å². The second-order valence-corrected chi connectivity index (χ2v) is 9.21. The lowest BCUT2D eigenvalue weighted by atomic mass is 10.1. The minimum atomic E-state index is -1.38. The molecule has 0 unspecified atom stereocenters. The fourth-order valence-corrected chi connectivity index (χ4v) is 3.02.